The van der Waals surface area contributed by atoms with Gasteiger partial charge in [0.25, 0.3) is 0 Å². The molecule has 0 aromatic carbocycles. The lowest BCUT2D eigenvalue weighted by Gasteiger charge is -2.37. The van der Waals surface area contributed by atoms with Crippen molar-refractivity contribution in [2.45, 2.75) is 51.0 Å². The normalized spacial score (nSPS) is 26.5. The molecule has 1 saturated carbocycles. The van der Waals surface area contributed by atoms with E-state index in [1.807, 2.05) is 12.2 Å². The predicted octanol–water partition coefficient (Wildman–Crippen LogP) is 1.81. The molecule has 0 aromatic rings. The lowest BCUT2D eigenvalue weighted by atomic mass is 9.81. The third-order valence-electron chi connectivity index (χ3n) is 4.71. The first kappa shape index (κ1) is 16.0. The number of aliphatic hydroxyl groups excluding tert-OH is 1. The fraction of sp³-hybridized carbons (Fsp3) is 0.750. The van der Waals surface area contributed by atoms with Crippen LogP contribution >= 0.6 is 0 Å². The summed E-state index contributed by atoms with van der Waals surface area (Å²) < 4.78 is 0. The number of nitrogens with zero attached hydrogens (tertiary/aromatic N) is 1. The molecule has 2 N–H and O–H groups in total. The van der Waals surface area contributed by atoms with Crippen LogP contribution in [0.4, 0.5) is 0 Å². The van der Waals surface area contributed by atoms with Gasteiger partial charge in [0.1, 0.15) is 0 Å². The molecule has 0 aromatic heterocycles. The SMILES string of the molecule is O=C(O)[C@H]1CC=CC[C@H]1C(=O)N(CCO)C1CCCCC1. The number of carboxylic acids is 1. The number of allylic oxidation sites excluding steroid dienone is 2. The third kappa shape index (κ3) is 3.84. The highest BCUT2D eigenvalue weighted by molar-refractivity contribution is 5.85. The molecule has 2 aliphatic carbocycles. The van der Waals surface area contributed by atoms with E-state index in [1.54, 1.807) is 4.90 Å². The van der Waals surface area contributed by atoms with Crippen LogP contribution in [0, 0.1) is 11.8 Å². The van der Waals surface area contributed by atoms with Crippen LogP contribution in [0.3, 0.4) is 0 Å². The molecule has 0 unspecified atom stereocenters. The molecule has 0 heterocycles. The van der Waals surface area contributed by atoms with Crippen molar-refractivity contribution in [3.63, 3.8) is 0 Å². The van der Waals surface area contributed by atoms with Gasteiger partial charge in [-0.05, 0) is 25.7 Å². The van der Waals surface area contributed by atoms with Crippen LogP contribution in [0.5, 0.6) is 0 Å². The highest BCUT2D eigenvalue weighted by Crippen LogP contribution is 2.30. The Morgan fingerprint density at radius 1 is 1.05 bits per heavy atom. The van der Waals surface area contributed by atoms with E-state index in [-0.39, 0.29) is 18.6 Å². The predicted molar refractivity (Wildman–Crippen MR) is 78.7 cm³/mol. The Kier molecular flexibility index (Phi) is 5.79. The minimum Gasteiger partial charge on any atom is -0.481 e. The molecule has 21 heavy (non-hydrogen) atoms. The van der Waals surface area contributed by atoms with E-state index in [9.17, 15) is 19.8 Å². The number of amides is 1. The molecular weight excluding hydrogens is 270 g/mol. The van der Waals surface area contributed by atoms with Gasteiger partial charge in [-0.3, -0.25) is 9.59 Å². The quantitative estimate of drug-likeness (QED) is 0.758. The third-order valence-corrected chi connectivity index (χ3v) is 4.71. The van der Waals surface area contributed by atoms with Crippen molar-refractivity contribution >= 4 is 11.9 Å². The molecule has 0 spiro atoms. The van der Waals surface area contributed by atoms with E-state index in [4.69, 9.17) is 0 Å². The van der Waals surface area contributed by atoms with Gasteiger partial charge in [-0.1, -0.05) is 31.4 Å². The Balaban J connectivity index is 2.12. The van der Waals surface area contributed by atoms with Crippen molar-refractivity contribution in [3.8, 4) is 0 Å². The first-order valence-corrected chi connectivity index (χ1v) is 7.94. The van der Waals surface area contributed by atoms with E-state index >= 15 is 0 Å². The summed E-state index contributed by atoms with van der Waals surface area (Å²) in [6.45, 7) is 0.249. The molecular formula is C16H25NO4. The summed E-state index contributed by atoms with van der Waals surface area (Å²) in [5.74, 6) is -2.11. The Morgan fingerprint density at radius 2 is 1.67 bits per heavy atom. The zero-order chi connectivity index (χ0) is 15.2. The Hall–Kier alpha value is -1.36. The zero-order valence-electron chi connectivity index (χ0n) is 12.4. The van der Waals surface area contributed by atoms with Crippen LogP contribution in [0.2, 0.25) is 0 Å². The second-order valence-corrected chi connectivity index (χ2v) is 6.04. The monoisotopic (exact) mass is 295 g/mol. The van der Waals surface area contributed by atoms with Crippen LogP contribution in [0.1, 0.15) is 44.9 Å². The minimum absolute atomic E-state index is 0.0669. The summed E-state index contributed by atoms with van der Waals surface area (Å²) >= 11 is 0. The summed E-state index contributed by atoms with van der Waals surface area (Å²) in [6.07, 6.45) is 9.99. The molecule has 118 valence electrons. The second-order valence-electron chi connectivity index (χ2n) is 6.04. The van der Waals surface area contributed by atoms with Crippen molar-refractivity contribution in [1.29, 1.82) is 0 Å². The first-order chi connectivity index (χ1) is 10.1. The fourth-order valence-corrected chi connectivity index (χ4v) is 3.55. The van der Waals surface area contributed by atoms with Gasteiger partial charge in [-0.25, -0.2) is 0 Å². The number of carboxylic acid groups (broad SMARTS) is 1. The minimum atomic E-state index is -0.898. The van der Waals surface area contributed by atoms with Crippen molar-refractivity contribution in [2.24, 2.45) is 11.8 Å². The molecule has 2 atom stereocenters. The Labute approximate surface area is 125 Å². The maximum atomic E-state index is 12.8. The molecule has 0 radical (unpaired) electrons. The maximum Gasteiger partial charge on any atom is 0.307 e. The average molecular weight is 295 g/mol. The average Bonchev–Trinajstić information content (AvgIpc) is 2.52. The molecule has 1 amide bonds. The summed E-state index contributed by atoms with van der Waals surface area (Å²) in [5.41, 5.74) is 0. The lowest BCUT2D eigenvalue weighted by Crippen LogP contribution is -2.48. The van der Waals surface area contributed by atoms with Crippen molar-refractivity contribution in [2.75, 3.05) is 13.2 Å². The fourth-order valence-electron chi connectivity index (χ4n) is 3.55. The molecule has 1 fully saturated rings. The molecule has 0 bridgehead atoms. The topological polar surface area (TPSA) is 77.8 Å². The van der Waals surface area contributed by atoms with Gasteiger partial charge in [0, 0.05) is 12.6 Å². The first-order valence-electron chi connectivity index (χ1n) is 7.94. The van der Waals surface area contributed by atoms with Crippen molar-refractivity contribution in [3.05, 3.63) is 12.2 Å². The summed E-state index contributed by atoms with van der Waals surface area (Å²) in [4.78, 5) is 25.9. The lowest BCUT2D eigenvalue weighted by molar-refractivity contribution is -0.152. The number of hydrogen-bond donors (Lipinski definition) is 2. The largest absolute Gasteiger partial charge is 0.481 e. The molecule has 0 saturated heterocycles. The molecule has 0 aliphatic heterocycles. The standard InChI is InChI=1S/C16H25NO4/c18-11-10-17(12-6-2-1-3-7-12)15(19)13-8-4-5-9-14(13)16(20)21/h4-5,12-14,18H,1-3,6-11H2,(H,20,21)/t13-,14+/m1/s1. The van der Waals surface area contributed by atoms with Crippen LogP contribution in [-0.2, 0) is 9.59 Å². The van der Waals surface area contributed by atoms with Gasteiger partial charge >= 0.3 is 5.97 Å². The van der Waals surface area contributed by atoms with E-state index in [0.717, 1.165) is 25.7 Å². The number of hydrogen-bond acceptors (Lipinski definition) is 3. The summed E-state index contributed by atoms with van der Waals surface area (Å²) in [6, 6.07) is 0.166. The van der Waals surface area contributed by atoms with E-state index < -0.39 is 17.8 Å². The molecule has 2 aliphatic rings. The van der Waals surface area contributed by atoms with E-state index in [1.165, 1.54) is 6.42 Å². The molecule has 5 nitrogen and oxygen atoms in total. The maximum absolute atomic E-state index is 12.8. The van der Waals surface area contributed by atoms with E-state index in [0.29, 0.717) is 19.4 Å². The number of aliphatic carboxylic acids is 1. The van der Waals surface area contributed by atoms with Gasteiger partial charge in [0.2, 0.25) is 5.91 Å². The zero-order valence-corrected chi connectivity index (χ0v) is 12.4. The van der Waals surface area contributed by atoms with Gasteiger partial charge in [-0.2, -0.15) is 0 Å². The summed E-state index contributed by atoms with van der Waals surface area (Å²) in [5, 5.41) is 18.6. The van der Waals surface area contributed by atoms with Crippen molar-refractivity contribution in [1.82, 2.24) is 4.90 Å². The second kappa shape index (κ2) is 7.59. The smallest absolute Gasteiger partial charge is 0.307 e. The van der Waals surface area contributed by atoms with Gasteiger partial charge in [0.15, 0.2) is 0 Å². The summed E-state index contributed by atoms with van der Waals surface area (Å²) in [7, 11) is 0. The highest BCUT2D eigenvalue weighted by Gasteiger charge is 2.38. The van der Waals surface area contributed by atoms with Gasteiger partial charge < -0.3 is 15.1 Å². The van der Waals surface area contributed by atoms with Crippen LogP contribution in [0.15, 0.2) is 12.2 Å². The number of aliphatic hydroxyl groups is 1. The number of carbonyl (C=O) groups excluding carboxylic acids is 1. The van der Waals surface area contributed by atoms with Gasteiger partial charge in [0.05, 0.1) is 18.4 Å². The highest BCUT2D eigenvalue weighted by atomic mass is 16.4. The number of rotatable bonds is 5. The number of carbonyl (C=O) groups is 2. The Bertz CT molecular complexity index is 401. The van der Waals surface area contributed by atoms with Crippen molar-refractivity contribution < 1.29 is 19.8 Å². The van der Waals surface area contributed by atoms with Crippen LogP contribution in [0.25, 0.3) is 0 Å². The molecule has 2 rings (SSSR count). The van der Waals surface area contributed by atoms with Crippen LogP contribution in [-0.4, -0.2) is 46.2 Å². The van der Waals surface area contributed by atoms with E-state index in [2.05, 4.69) is 0 Å². The molecule has 5 heteroatoms. The Morgan fingerprint density at radius 3 is 2.24 bits per heavy atom. The van der Waals surface area contributed by atoms with Gasteiger partial charge in [-0.15, -0.1) is 0 Å². The van der Waals surface area contributed by atoms with Crippen LogP contribution < -0.4 is 0 Å².